The quantitative estimate of drug-likeness (QED) is 0.461. The van der Waals surface area contributed by atoms with Gasteiger partial charge in [0.05, 0.1) is 19.3 Å². The number of aliphatic carboxylic acids is 2. The van der Waals surface area contributed by atoms with Crippen molar-refractivity contribution >= 4 is 11.9 Å². The van der Waals surface area contributed by atoms with Gasteiger partial charge in [-0.3, -0.25) is 0 Å². The molecule has 0 aromatic heterocycles. The fourth-order valence-electron chi connectivity index (χ4n) is 2.07. The van der Waals surface area contributed by atoms with Gasteiger partial charge in [0.15, 0.2) is 0 Å². The fourth-order valence-corrected chi connectivity index (χ4v) is 2.07. The molecule has 4 N–H and O–H groups in total. The highest BCUT2D eigenvalue weighted by atomic mass is 16.5. The first kappa shape index (κ1) is 23.0. The lowest BCUT2D eigenvalue weighted by Crippen LogP contribution is -2.30. The van der Waals surface area contributed by atoms with Gasteiger partial charge in [-0.25, -0.2) is 9.59 Å². The van der Waals surface area contributed by atoms with Crippen LogP contribution in [0.2, 0.25) is 0 Å². The number of carbonyl (C=O) groups is 2. The summed E-state index contributed by atoms with van der Waals surface area (Å²) < 4.78 is 5.49. The Morgan fingerprint density at radius 2 is 1.39 bits per heavy atom. The van der Waals surface area contributed by atoms with E-state index in [1.807, 2.05) is 48.5 Å². The number of ether oxygens (including phenoxy) is 1. The number of carboxylic acids is 2. The molecule has 0 aliphatic rings. The van der Waals surface area contributed by atoms with Crippen LogP contribution in [0.3, 0.4) is 0 Å². The monoisotopic (exact) mass is 387 g/mol. The van der Waals surface area contributed by atoms with Crippen molar-refractivity contribution in [1.82, 2.24) is 5.32 Å². The SMILES string of the molecule is O=C(O)/C=C/C(=O)O.OC(CNCc1ccccc1)COCc1ccccc1. The molecule has 0 spiro atoms. The van der Waals surface area contributed by atoms with Crippen molar-refractivity contribution in [2.45, 2.75) is 19.3 Å². The second kappa shape index (κ2) is 14.1. The van der Waals surface area contributed by atoms with E-state index in [0.717, 1.165) is 12.1 Å². The fraction of sp³-hybridized carbons (Fsp3) is 0.238. The molecule has 0 amide bonds. The lowest BCUT2D eigenvalue weighted by molar-refractivity contribution is -0.134. The van der Waals surface area contributed by atoms with E-state index in [1.165, 1.54) is 5.56 Å². The van der Waals surface area contributed by atoms with Gasteiger partial charge in [0.25, 0.3) is 0 Å². The summed E-state index contributed by atoms with van der Waals surface area (Å²) >= 11 is 0. The molecule has 0 radical (unpaired) electrons. The summed E-state index contributed by atoms with van der Waals surface area (Å²) in [5, 5.41) is 28.7. The molecule has 0 aliphatic heterocycles. The second-order valence-electron chi connectivity index (χ2n) is 5.78. The van der Waals surface area contributed by atoms with Gasteiger partial charge in [0.1, 0.15) is 0 Å². The summed E-state index contributed by atoms with van der Waals surface area (Å²) in [7, 11) is 0. The predicted molar refractivity (Wildman–Crippen MR) is 105 cm³/mol. The third-order valence-electron chi connectivity index (χ3n) is 3.34. The van der Waals surface area contributed by atoms with Gasteiger partial charge in [-0.2, -0.15) is 0 Å². The minimum atomic E-state index is -1.26. The first-order valence-corrected chi connectivity index (χ1v) is 8.65. The van der Waals surface area contributed by atoms with Crippen LogP contribution in [0, 0.1) is 0 Å². The molecule has 0 saturated carbocycles. The van der Waals surface area contributed by atoms with Crippen LogP contribution in [0.5, 0.6) is 0 Å². The molecule has 0 saturated heterocycles. The van der Waals surface area contributed by atoms with E-state index in [1.54, 1.807) is 0 Å². The number of aliphatic hydroxyl groups excluding tert-OH is 1. The van der Waals surface area contributed by atoms with Crippen LogP contribution in [0.4, 0.5) is 0 Å². The van der Waals surface area contributed by atoms with Crippen LogP contribution in [0.25, 0.3) is 0 Å². The van der Waals surface area contributed by atoms with Crippen LogP contribution in [-0.2, 0) is 27.5 Å². The Morgan fingerprint density at radius 3 is 1.89 bits per heavy atom. The molecular weight excluding hydrogens is 362 g/mol. The zero-order valence-electron chi connectivity index (χ0n) is 15.4. The highest BCUT2D eigenvalue weighted by Gasteiger charge is 2.04. The summed E-state index contributed by atoms with van der Waals surface area (Å²) in [6, 6.07) is 20.1. The maximum absolute atomic E-state index is 9.82. The smallest absolute Gasteiger partial charge is 0.328 e. The molecule has 28 heavy (non-hydrogen) atoms. The first-order valence-electron chi connectivity index (χ1n) is 8.65. The van der Waals surface area contributed by atoms with Crippen molar-refractivity contribution < 1.29 is 29.6 Å². The molecule has 7 nitrogen and oxygen atoms in total. The van der Waals surface area contributed by atoms with E-state index >= 15 is 0 Å². The first-order chi connectivity index (χ1) is 13.5. The lowest BCUT2D eigenvalue weighted by Gasteiger charge is -2.12. The van der Waals surface area contributed by atoms with Gasteiger partial charge in [0.2, 0.25) is 0 Å². The number of hydrogen-bond acceptors (Lipinski definition) is 5. The zero-order chi connectivity index (χ0) is 20.6. The number of carboxylic acid groups (broad SMARTS) is 2. The standard InChI is InChI=1S/C17H21NO2.C4H4O4/c19-17(12-18-11-15-7-3-1-4-8-15)14-20-13-16-9-5-2-6-10-16;5-3(6)1-2-4(7)8/h1-10,17-19H,11-14H2;1-2H,(H,5,6)(H,7,8)/b;2-1+. The molecule has 0 bridgehead atoms. The molecule has 0 fully saturated rings. The third-order valence-corrected chi connectivity index (χ3v) is 3.34. The Balaban J connectivity index is 0.000000416. The molecule has 2 aromatic rings. The summed E-state index contributed by atoms with van der Waals surface area (Å²) in [5.41, 5.74) is 2.34. The van der Waals surface area contributed by atoms with Crippen LogP contribution >= 0.6 is 0 Å². The number of nitrogens with one attached hydrogen (secondary N) is 1. The maximum atomic E-state index is 9.82. The number of hydrogen-bond donors (Lipinski definition) is 4. The van der Waals surface area contributed by atoms with Crippen molar-refractivity contribution in [3.05, 3.63) is 83.9 Å². The van der Waals surface area contributed by atoms with Gasteiger partial charge >= 0.3 is 11.9 Å². The van der Waals surface area contributed by atoms with Crippen molar-refractivity contribution in [2.24, 2.45) is 0 Å². The van der Waals surface area contributed by atoms with E-state index < -0.39 is 18.0 Å². The summed E-state index contributed by atoms with van der Waals surface area (Å²) in [6.07, 6.45) is 0.632. The molecule has 1 atom stereocenters. The molecule has 7 heteroatoms. The van der Waals surface area contributed by atoms with E-state index in [2.05, 4.69) is 17.4 Å². The Hall–Kier alpha value is -3.00. The van der Waals surface area contributed by atoms with Gasteiger partial charge < -0.3 is 25.4 Å². The van der Waals surface area contributed by atoms with Crippen molar-refractivity contribution in [1.29, 1.82) is 0 Å². The lowest BCUT2D eigenvalue weighted by atomic mass is 10.2. The van der Waals surface area contributed by atoms with E-state index in [9.17, 15) is 14.7 Å². The number of benzene rings is 2. The van der Waals surface area contributed by atoms with Gasteiger partial charge in [0, 0.05) is 25.2 Å². The highest BCUT2D eigenvalue weighted by Crippen LogP contribution is 2.01. The molecule has 2 rings (SSSR count). The Bertz CT molecular complexity index is 657. The summed E-state index contributed by atoms with van der Waals surface area (Å²) in [4.78, 5) is 19.1. The molecular formula is C21H25NO6. The van der Waals surface area contributed by atoms with E-state index in [0.29, 0.717) is 31.9 Å². The number of aliphatic hydroxyl groups is 1. The zero-order valence-corrected chi connectivity index (χ0v) is 15.4. The summed E-state index contributed by atoms with van der Waals surface area (Å²) in [5.74, 6) is -2.51. The van der Waals surface area contributed by atoms with Crippen molar-refractivity contribution in [3.63, 3.8) is 0 Å². The van der Waals surface area contributed by atoms with Crippen LogP contribution in [0.1, 0.15) is 11.1 Å². The van der Waals surface area contributed by atoms with Gasteiger partial charge in [-0.15, -0.1) is 0 Å². The van der Waals surface area contributed by atoms with Gasteiger partial charge in [-0.1, -0.05) is 60.7 Å². The predicted octanol–water partition coefficient (Wildman–Crippen LogP) is 2.07. The third kappa shape index (κ3) is 12.4. The minimum Gasteiger partial charge on any atom is -0.478 e. The van der Waals surface area contributed by atoms with Gasteiger partial charge in [-0.05, 0) is 11.1 Å². The Kier molecular flexibility index (Phi) is 11.6. The Morgan fingerprint density at radius 1 is 0.893 bits per heavy atom. The minimum absolute atomic E-state index is 0.344. The average molecular weight is 387 g/mol. The number of rotatable bonds is 10. The van der Waals surface area contributed by atoms with Crippen molar-refractivity contribution in [3.8, 4) is 0 Å². The van der Waals surface area contributed by atoms with Crippen LogP contribution < -0.4 is 5.32 Å². The van der Waals surface area contributed by atoms with Crippen molar-refractivity contribution in [2.75, 3.05) is 13.2 Å². The molecule has 2 aromatic carbocycles. The maximum Gasteiger partial charge on any atom is 0.328 e. The van der Waals surface area contributed by atoms with Crippen LogP contribution in [0.15, 0.2) is 72.8 Å². The summed E-state index contributed by atoms with van der Waals surface area (Å²) in [6.45, 7) is 2.17. The average Bonchev–Trinajstić information content (AvgIpc) is 2.68. The molecule has 0 aliphatic carbocycles. The largest absolute Gasteiger partial charge is 0.478 e. The molecule has 1 unspecified atom stereocenters. The van der Waals surface area contributed by atoms with E-state index in [4.69, 9.17) is 14.9 Å². The van der Waals surface area contributed by atoms with E-state index in [-0.39, 0.29) is 0 Å². The Labute approximate surface area is 163 Å². The highest BCUT2D eigenvalue weighted by molar-refractivity contribution is 5.89. The molecule has 150 valence electrons. The second-order valence-corrected chi connectivity index (χ2v) is 5.78. The normalized spacial score (nSPS) is 11.5. The molecule has 0 heterocycles. The van der Waals surface area contributed by atoms with Crippen LogP contribution in [-0.4, -0.2) is 46.5 Å². The topological polar surface area (TPSA) is 116 Å².